The first-order valence-corrected chi connectivity index (χ1v) is 15.0. The fourth-order valence-corrected chi connectivity index (χ4v) is 6.70. The van der Waals surface area contributed by atoms with Crippen molar-refractivity contribution in [2.45, 2.75) is 96.6 Å². The third-order valence-electron chi connectivity index (χ3n) is 9.74. The molecule has 7 rings (SSSR count). The number of nitrogens with zero attached hydrogens (tertiary/aromatic N) is 1. The molecule has 2 heterocycles. The van der Waals surface area contributed by atoms with Crippen LogP contribution in [-0.4, -0.2) is 47.0 Å². The molecule has 2 aliphatic carbocycles. The van der Waals surface area contributed by atoms with Gasteiger partial charge in [0.1, 0.15) is 5.60 Å². The van der Waals surface area contributed by atoms with Crippen LogP contribution in [0.1, 0.15) is 72.4 Å². The molecule has 2 aliphatic heterocycles. The molecule has 1 saturated carbocycles. The summed E-state index contributed by atoms with van der Waals surface area (Å²) in [6, 6.07) is 20.4. The van der Waals surface area contributed by atoms with Gasteiger partial charge in [-0.2, -0.15) is 0 Å². The highest BCUT2D eigenvalue weighted by Crippen LogP contribution is 2.51. The molecule has 1 amide bonds. The van der Waals surface area contributed by atoms with Gasteiger partial charge in [-0.05, 0) is 124 Å². The molecule has 0 aromatic heterocycles. The quantitative estimate of drug-likeness (QED) is 0.326. The molecule has 41 heavy (non-hydrogen) atoms. The first-order valence-electron chi connectivity index (χ1n) is 15.0. The second-order valence-corrected chi connectivity index (χ2v) is 14.4. The molecule has 3 aromatic carbocycles. The number of amides is 1. The highest BCUT2D eigenvalue weighted by atomic mass is 16.7. The molecular weight excluding hydrogens is 509 g/mol. The Balaban J connectivity index is 1.09. The summed E-state index contributed by atoms with van der Waals surface area (Å²) in [5.41, 5.74) is 6.21. The summed E-state index contributed by atoms with van der Waals surface area (Å²) in [6.45, 7) is 14.2. The van der Waals surface area contributed by atoms with E-state index in [1.807, 2.05) is 25.7 Å². The summed E-state index contributed by atoms with van der Waals surface area (Å²) >= 11 is 0. The van der Waals surface area contributed by atoms with Crippen molar-refractivity contribution in [3.8, 4) is 11.1 Å². The number of fused-ring (bicyclic) bond motifs is 3. The van der Waals surface area contributed by atoms with E-state index in [0.29, 0.717) is 12.0 Å². The molecule has 0 unspecified atom stereocenters. The van der Waals surface area contributed by atoms with E-state index in [1.54, 1.807) is 0 Å². The minimum atomic E-state index is -0.482. The first-order chi connectivity index (χ1) is 19.3. The van der Waals surface area contributed by atoms with Gasteiger partial charge in [0.2, 0.25) is 0 Å². The van der Waals surface area contributed by atoms with E-state index in [-0.39, 0.29) is 30.5 Å². The Morgan fingerprint density at radius 2 is 1.56 bits per heavy atom. The number of piperidine rings is 1. The lowest BCUT2D eigenvalue weighted by Gasteiger charge is -2.32. The van der Waals surface area contributed by atoms with Gasteiger partial charge in [0.25, 0.3) is 0 Å². The lowest BCUT2D eigenvalue weighted by atomic mass is 9.78. The van der Waals surface area contributed by atoms with Crippen LogP contribution in [0.2, 0.25) is 0 Å². The van der Waals surface area contributed by atoms with Crippen LogP contribution in [0, 0.1) is 5.92 Å². The highest BCUT2D eigenvalue weighted by Gasteiger charge is 2.56. The van der Waals surface area contributed by atoms with Gasteiger partial charge in [0.05, 0.1) is 17.2 Å². The largest absolute Gasteiger partial charge is 0.494 e. The van der Waals surface area contributed by atoms with Gasteiger partial charge in [-0.3, -0.25) is 4.90 Å². The number of likely N-dealkylation sites (tertiary alicyclic amines) is 1. The van der Waals surface area contributed by atoms with Gasteiger partial charge in [-0.15, -0.1) is 0 Å². The summed E-state index contributed by atoms with van der Waals surface area (Å²) in [5.74, 6) is 0.621. The van der Waals surface area contributed by atoms with Crippen molar-refractivity contribution >= 4 is 35.5 Å². The second-order valence-electron chi connectivity index (χ2n) is 14.4. The van der Waals surface area contributed by atoms with Crippen molar-refractivity contribution in [3.63, 3.8) is 0 Å². The third kappa shape index (κ3) is 4.69. The number of hydrogen-bond acceptors (Lipinski definition) is 4. The molecule has 6 heteroatoms. The number of ether oxygens (including phenoxy) is 1. The maximum absolute atomic E-state index is 13.1. The summed E-state index contributed by atoms with van der Waals surface area (Å²) in [7, 11) is -0.362. The summed E-state index contributed by atoms with van der Waals surface area (Å²) in [6.07, 6.45) is 5.19. The van der Waals surface area contributed by atoms with E-state index in [4.69, 9.17) is 14.0 Å². The number of hydrogen-bond donors (Lipinski definition) is 0. The Bertz CT molecular complexity index is 1580. The van der Waals surface area contributed by atoms with Crippen LogP contribution in [0.3, 0.4) is 0 Å². The molecule has 0 radical (unpaired) electrons. The highest BCUT2D eigenvalue weighted by molar-refractivity contribution is 6.62. The van der Waals surface area contributed by atoms with Crippen molar-refractivity contribution in [2.75, 3.05) is 0 Å². The Hall–Kier alpha value is -3.09. The number of rotatable bonds is 3. The van der Waals surface area contributed by atoms with E-state index in [1.165, 1.54) is 38.6 Å². The monoisotopic (exact) mass is 549 g/mol. The molecule has 0 bridgehead atoms. The summed E-state index contributed by atoms with van der Waals surface area (Å²) in [4.78, 5) is 15.1. The van der Waals surface area contributed by atoms with E-state index >= 15 is 0 Å². The molecule has 3 aromatic rings. The minimum Gasteiger partial charge on any atom is -0.444 e. The zero-order valence-corrected chi connectivity index (χ0v) is 25.3. The standard InChI is InChI=1S/C35H40BNO4/c1-33(2,3)39-32(38)37-30(19-28-20-31(28)37)27-16-24-10-8-22(15-26(24)17-27)21-9-11-25-18-29(13-12-23(25)14-21)36-40-34(4,5)35(6,7)41-36/h8-16,18,28,30-31H,17,19-20H2,1-7H3/t28-,30-,31+/m0/s1. The van der Waals surface area contributed by atoms with Gasteiger partial charge in [0.15, 0.2) is 0 Å². The maximum Gasteiger partial charge on any atom is 0.494 e. The molecule has 5 nitrogen and oxygen atoms in total. The lowest BCUT2D eigenvalue weighted by Crippen LogP contribution is -2.42. The molecule has 3 fully saturated rings. The van der Waals surface area contributed by atoms with E-state index in [2.05, 4.69) is 88.4 Å². The topological polar surface area (TPSA) is 48.0 Å². The Morgan fingerprint density at radius 1 is 0.902 bits per heavy atom. The predicted octanol–water partition coefficient (Wildman–Crippen LogP) is 7.14. The van der Waals surface area contributed by atoms with Crippen LogP contribution in [-0.2, 0) is 20.5 Å². The van der Waals surface area contributed by atoms with Crippen LogP contribution < -0.4 is 5.46 Å². The smallest absolute Gasteiger partial charge is 0.444 e. The van der Waals surface area contributed by atoms with Crippen LogP contribution in [0.25, 0.3) is 28.0 Å². The summed E-state index contributed by atoms with van der Waals surface area (Å²) < 4.78 is 18.3. The van der Waals surface area contributed by atoms with Crippen LogP contribution >= 0.6 is 0 Å². The summed E-state index contributed by atoms with van der Waals surface area (Å²) in [5, 5.41) is 2.37. The fourth-order valence-electron chi connectivity index (χ4n) is 6.70. The van der Waals surface area contributed by atoms with Crippen LogP contribution in [0.4, 0.5) is 4.79 Å². The van der Waals surface area contributed by atoms with Gasteiger partial charge in [0, 0.05) is 6.04 Å². The van der Waals surface area contributed by atoms with Crippen LogP contribution in [0.15, 0.2) is 60.2 Å². The predicted molar refractivity (Wildman–Crippen MR) is 165 cm³/mol. The Kier molecular flexibility index (Phi) is 5.85. The van der Waals surface area contributed by atoms with Gasteiger partial charge >= 0.3 is 13.2 Å². The van der Waals surface area contributed by atoms with E-state index in [0.717, 1.165) is 24.7 Å². The number of carbonyl (C=O) groups excluding carboxylic acids is 1. The van der Waals surface area contributed by atoms with Gasteiger partial charge in [-0.25, -0.2) is 4.79 Å². The van der Waals surface area contributed by atoms with Crippen LogP contribution in [0.5, 0.6) is 0 Å². The zero-order chi connectivity index (χ0) is 28.9. The molecule has 212 valence electrons. The third-order valence-corrected chi connectivity index (χ3v) is 9.74. The molecule has 3 atom stereocenters. The normalized spacial score (nSPS) is 25.7. The minimum absolute atomic E-state index is 0.142. The number of carbonyl (C=O) groups is 1. The zero-order valence-electron chi connectivity index (χ0n) is 25.3. The van der Waals surface area contributed by atoms with Gasteiger partial charge < -0.3 is 14.0 Å². The Morgan fingerprint density at radius 3 is 2.29 bits per heavy atom. The fraction of sp³-hybridized carbons (Fsp3) is 0.457. The first kappa shape index (κ1) is 26.8. The van der Waals surface area contributed by atoms with E-state index in [9.17, 15) is 4.79 Å². The van der Waals surface area contributed by atoms with Crippen molar-refractivity contribution in [2.24, 2.45) is 5.92 Å². The van der Waals surface area contributed by atoms with Crippen molar-refractivity contribution in [1.82, 2.24) is 4.90 Å². The van der Waals surface area contributed by atoms with Crippen molar-refractivity contribution < 1.29 is 18.8 Å². The maximum atomic E-state index is 13.1. The van der Waals surface area contributed by atoms with Crippen molar-refractivity contribution in [3.05, 3.63) is 71.3 Å². The lowest BCUT2D eigenvalue weighted by molar-refractivity contribution is 0.00578. The Labute approximate surface area is 244 Å². The average Bonchev–Trinajstić information content (AvgIpc) is 3.24. The average molecular weight is 550 g/mol. The SMILES string of the molecule is CC(C)(C)OC(=O)N1[C@@H]2C[C@@H]2C[C@H]1C1=Cc2ccc(-c3ccc4cc(B5OC(C)(C)C(C)(C)O5)ccc4c3)cc2C1. The van der Waals surface area contributed by atoms with E-state index < -0.39 is 5.60 Å². The number of benzene rings is 3. The molecule has 0 N–H and O–H groups in total. The molecular formula is C35H40BNO4. The second kappa shape index (κ2) is 8.96. The molecule has 2 saturated heterocycles. The molecule has 4 aliphatic rings. The molecule has 0 spiro atoms. The van der Waals surface area contributed by atoms with Crippen molar-refractivity contribution in [1.29, 1.82) is 0 Å². The van der Waals surface area contributed by atoms with Gasteiger partial charge in [-0.1, -0.05) is 54.6 Å².